The molecule has 0 aromatic heterocycles. The summed E-state index contributed by atoms with van der Waals surface area (Å²) in [5.74, 6) is 1.90. The van der Waals surface area contributed by atoms with E-state index in [0.29, 0.717) is 17.8 Å². The SMILES string of the molecule is CC(=O)/C=C/[C@H]1[C@H](C)CC(C)=C[C@@H]1C. The lowest BCUT2D eigenvalue weighted by atomic mass is 9.75. The summed E-state index contributed by atoms with van der Waals surface area (Å²) in [6, 6.07) is 0. The Morgan fingerprint density at radius 2 is 2.14 bits per heavy atom. The fourth-order valence-electron chi connectivity index (χ4n) is 2.40. The second kappa shape index (κ2) is 4.59. The highest BCUT2D eigenvalue weighted by molar-refractivity contribution is 5.87. The summed E-state index contributed by atoms with van der Waals surface area (Å²) in [5, 5.41) is 0. The predicted molar refractivity (Wildman–Crippen MR) is 60.0 cm³/mol. The Balaban J connectivity index is 2.74. The molecule has 1 heteroatoms. The molecule has 0 radical (unpaired) electrons. The summed E-state index contributed by atoms with van der Waals surface area (Å²) in [7, 11) is 0. The maximum atomic E-state index is 10.9. The van der Waals surface area contributed by atoms with Gasteiger partial charge >= 0.3 is 0 Å². The Kier molecular flexibility index (Phi) is 3.68. The molecule has 0 unspecified atom stereocenters. The summed E-state index contributed by atoms with van der Waals surface area (Å²) in [4.78, 5) is 10.9. The maximum Gasteiger partial charge on any atom is 0.152 e. The normalized spacial score (nSPS) is 33.1. The molecule has 0 saturated carbocycles. The molecule has 0 amide bonds. The molecule has 0 bridgehead atoms. The van der Waals surface area contributed by atoms with Crippen LogP contribution in [0.4, 0.5) is 0 Å². The van der Waals surface area contributed by atoms with Crippen molar-refractivity contribution in [2.45, 2.75) is 34.1 Å². The van der Waals surface area contributed by atoms with E-state index in [9.17, 15) is 4.79 Å². The zero-order valence-electron chi connectivity index (χ0n) is 9.58. The van der Waals surface area contributed by atoms with Crippen LogP contribution in [0, 0.1) is 17.8 Å². The van der Waals surface area contributed by atoms with Crippen molar-refractivity contribution in [2.75, 3.05) is 0 Å². The van der Waals surface area contributed by atoms with E-state index in [0.717, 1.165) is 6.42 Å². The Bertz CT molecular complexity index is 273. The van der Waals surface area contributed by atoms with Crippen LogP contribution in [0.5, 0.6) is 0 Å². The van der Waals surface area contributed by atoms with Gasteiger partial charge < -0.3 is 0 Å². The van der Waals surface area contributed by atoms with E-state index in [1.807, 2.05) is 0 Å². The van der Waals surface area contributed by atoms with E-state index >= 15 is 0 Å². The van der Waals surface area contributed by atoms with Crippen LogP contribution in [0.15, 0.2) is 23.8 Å². The van der Waals surface area contributed by atoms with Crippen LogP contribution in [0.25, 0.3) is 0 Å². The van der Waals surface area contributed by atoms with Crippen molar-refractivity contribution < 1.29 is 4.79 Å². The van der Waals surface area contributed by atoms with E-state index in [1.165, 1.54) is 5.57 Å². The lowest BCUT2D eigenvalue weighted by Gasteiger charge is -2.30. The zero-order valence-corrected chi connectivity index (χ0v) is 9.58. The number of carbonyl (C=O) groups excluding carboxylic acids is 1. The van der Waals surface area contributed by atoms with E-state index < -0.39 is 0 Å². The molecular weight excluding hydrogens is 172 g/mol. The lowest BCUT2D eigenvalue weighted by molar-refractivity contribution is -0.112. The predicted octanol–water partition coefficient (Wildman–Crippen LogP) is 3.37. The molecule has 1 rings (SSSR count). The van der Waals surface area contributed by atoms with Gasteiger partial charge in [0, 0.05) is 0 Å². The van der Waals surface area contributed by atoms with Gasteiger partial charge in [-0.3, -0.25) is 4.79 Å². The molecule has 14 heavy (non-hydrogen) atoms. The highest BCUT2D eigenvalue weighted by Gasteiger charge is 2.24. The van der Waals surface area contributed by atoms with Crippen LogP contribution in [-0.4, -0.2) is 5.78 Å². The van der Waals surface area contributed by atoms with E-state index in [1.54, 1.807) is 13.0 Å². The van der Waals surface area contributed by atoms with Crippen molar-refractivity contribution in [1.29, 1.82) is 0 Å². The van der Waals surface area contributed by atoms with Crippen LogP contribution >= 0.6 is 0 Å². The Morgan fingerprint density at radius 1 is 1.50 bits per heavy atom. The first-order chi connectivity index (χ1) is 6.50. The van der Waals surface area contributed by atoms with Crippen LogP contribution in [0.3, 0.4) is 0 Å². The van der Waals surface area contributed by atoms with Crippen LogP contribution < -0.4 is 0 Å². The number of ketones is 1. The summed E-state index contributed by atoms with van der Waals surface area (Å²) in [6.07, 6.45) is 7.29. The first kappa shape index (κ1) is 11.2. The third kappa shape index (κ3) is 2.83. The lowest BCUT2D eigenvalue weighted by Crippen LogP contribution is -2.21. The highest BCUT2D eigenvalue weighted by atomic mass is 16.1. The van der Waals surface area contributed by atoms with Crippen molar-refractivity contribution in [2.24, 2.45) is 17.8 Å². The van der Waals surface area contributed by atoms with Gasteiger partial charge in [-0.25, -0.2) is 0 Å². The molecule has 3 atom stereocenters. The first-order valence-corrected chi connectivity index (χ1v) is 5.36. The quantitative estimate of drug-likeness (QED) is 0.484. The summed E-state index contributed by atoms with van der Waals surface area (Å²) < 4.78 is 0. The van der Waals surface area contributed by atoms with E-state index in [-0.39, 0.29) is 5.78 Å². The molecule has 1 nitrogen and oxygen atoms in total. The zero-order chi connectivity index (χ0) is 10.7. The molecule has 0 saturated heterocycles. The number of hydrogen-bond donors (Lipinski definition) is 0. The van der Waals surface area contributed by atoms with Gasteiger partial charge in [-0.1, -0.05) is 31.6 Å². The molecule has 0 N–H and O–H groups in total. The van der Waals surface area contributed by atoms with Gasteiger partial charge in [0.25, 0.3) is 0 Å². The Hall–Kier alpha value is -0.850. The number of allylic oxidation sites excluding steroid dienone is 4. The Morgan fingerprint density at radius 3 is 2.64 bits per heavy atom. The maximum absolute atomic E-state index is 10.9. The molecule has 0 heterocycles. The second-order valence-electron chi connectivity index (χ2n) is 4.60. The fourth-order valence-corrected chi connectivity index (χ4v) is 2.40. The minimum Gasteiger partial charge on any atom is -0.295 e. The van der Waals surface area contributed by atoms with Crippen LogP contribution in [0.2, 0.25) is 0 Å². The molecule has 0 aliphatic heterocycles. The van der Waals surface area contributed by atoms with Gasteiger partial charge in [0.15, 0.2) is 5.78 Å². The molecular formula is C13H20O. The van der Waals surface area contributed by atoms with Gasteiger partial charge in [-0.05, 0) is 44.1 Å². The summed E-state index contributed by atoms with van der Waals surface area (Å²) >= 11 is 0. The number of hydrogen-bond acceptors (Lipinski definition) is 1. The minimum atomic E-state index is 0.149. The topological polar surface area (TPSA) is 17.1 Å². The van der Waals surface area contributed by atoms with Gasteiger partial charge in [-0.15, -0.1) is 0 Å². The van der Waals surface area contributed by atoms with Gasteiger partial charge in [-0.2, -0.15) is 0 Å². The number of carbonyl (C=O) groups is 1. The standard InChI is InChI=1S/C13H20O/c1-9-7-10(2)13(11(3)8-9)6-5-12(4)14/h5-7,10-11,13H,8H2,1-4H3/b6-5+/t10-,11+,13+/m0/s1. The largest absolute Gasteiger partial charge is 0.295 e. The van der Waals surface area contributed by atoms with E-state index in [2.05, 4.69) is 32.9 Å². The smallest absolute Gasteiger partial charge is 0.152 e. The van der Waals surface area contributed by atoms with Crippen molar-refractivity contribution in [3.05, 3.63) is 23.8 Å². The summed E-state index contributed by atoms with van der Waals surface area (Å²) in [6.45, 7) is 8.30. The van der Waals surface area contributed by atoms with Gasteiger partial charge in [0.05, 0.1) is 0 Å². The monoisotopic (exact) mass is 192 g/mol. The first-order valence-electron chi connectivity index (χ1n) is 5.36. The molecule has 0 aromatic carbocycles. The second-order valence-corrected chi connectivity index (χ2v) is 4.60. The summed E-state index contributed by atoms with van der Waals surface area (Å²) in [5.41, 5.74) is 1.48. The van der Waals surface area contributed by atoms with Crippen molar-refractivity contribution >= 4 is 5.78 Å². The average molecular weight is 192 g/mol. The third-order valence-corrected chi connectivity index (χ3v) is 3.01. The molecule has 0 spiro atoms. The molecule has 78 valence electrons. The van der Waals surface area contributed by atoms with Crippen LogP contribution in [-0.2, 0) is 4.79 Å². The van der Waals surface area contributed by atoms with Crippen LogP contribution in [0.1, 0.15) is 34.1 Å². The number of rotatable bonds is 2. The van der Waals surface area contributed by atoms with E-state index in [4.69, 9.17) is 0 Å². The highest BCUT2D eigenvalue weighted by Crippen LogP contribution is 2.34. The third-order valence-electron chi connectivity index (χ3n) is 3.01. The van der Waals surface area contributed by atoms with Crippen molar-refractivity contribution in [3.8, 4) is 0 Å². The molecule has 1 aliphatic carbocycles. The van der Waals surface area contributed by atoms with Crippen molar-refractivity contribution in [1.82, 2.24) is 0 Å². The fraction of sp³-hybridized carbons (Fsp3) is 0.615. The van der Waals surface area contributed by atoms with Gasteiger partial charge in [0.2, 0.25) is 0 Å². The molecule has 0 fully saturated rings. The Labute approximate surface area is 86.9 Å². The van der Waals surface area contributed by atoms with Crippen molar-refractivity contribution in [3.63, 3.8) is 0 Å². The minimum absolute atomic E-state index is 0.149. The van der Waals surface area contributed by atoms with Gasteiger partial charge in [0.1, 0.15) is 0 Å². The average Bonchev–Trinajstić information content (AvgIpc) is 2.01. The molecule has 1 aliphatic rings. The molecule has 0 aromatic rings.